The van der Waals surface area contributed by atoms with Crippen LogP contribution in [0.4, 0.5) is 11.5 Å². The molecule has 5 rings (SSSR count). The van der Waals surface area contributed by atoms with E-state index in [0.717, 1.165) is 23.8 Å². The van der Waals surface area contributed by atoms with Gasteiger partial charge in [-0.15, -0.1) is 0 Å². The molecule has 1 spiro atoms. The molecule has 7 N–H and O–H groups in total. The van der Waals surface area contributed by atoms with E-state index >= 15 is 0 Å². The highest BCUT2D eigenvalue weighted by molar-refractivity contribution is 6.23. The van der Waals surface area contributed by atoms with Gasteiger partial charge in [0.1, 0.15) is 11.5 Å². The lowest BCUT2D eigenvalue weighted by Crippen LogP contribution is -2.43. The number of nitrogen functional groups attached to an aromatic ring is 1. The minimum atomic E-state index is -0.575. The predicted molar refractivity (Wildman–Crippen MR) is 191 cm³/mol. The lowest BCUT2D eigenvalue weighted by atomic mass is 9.85. The van der Waals surface area contributed by atoms with Crippen molar-refractivity contribution >= 4 is 53.0 Å². The highest BCUT2D eigenvalue weighted by Gasteiger charge is 2.51. The maximum absolute atomic E-state index is 13.9. The number of nitrogens with two attached hydrogens (primary N) is 1. The van der Waals surface area contributed by atoms with Crippen LogP contribution in [-0.2, 0) is 9.59 Å². The highest BCUT2D eigenvalue weighted by atomic mass is 16.2. The number of aliphatic imine (C=N–C) groups is 1. The number of likely N-dealkylation sites (tertiary alicyclic amines) is 1. The standard InChI is InChI=1S/C35H45N11O2/c1-23(2)41-19-27(18-36)31(38)32-28(37)8-9-29(43-32)46-17-13-35(34(46)48)12-16-44(21-35)20-30(47)45-14-10-25(11-15-45)24-4-6-26(7-5-24)33(39)42-22-40-3/h4-10,18-19,22-23,36,38,41H,11-17,20-21,37H2,1-3H3,(H2,39,40,42)/b27-19+,36-18?,38-31?/t35-/m0/s1. The Hall–Kier alpha value is -5.17. The molecule has 1 atom stereocenters. The Morgan fingerprint density at radius 2 is 1.88 bits per heavy atom. The molecule has 2 amide bonds. The Bertz CT molecular complexity index is 1680. The number of amidine groups is 1. The summed E-state index contributed by atoms with van der Waals surface area (Å²) in [7, 11) is 1.74. The van der Waals surface area contributed by atoms with Gasteiger partial charge >= 0.3 is 0 Å². The lowest BCUT2D eigenvalue weighted by molar-refractivity contribution is -0.132. The molecule has 48 heavy (non-hydrogen) atoms. The smallest absolute Gasteiger partial charge is 0.237 e. The van der Waals surface area contributed by atoms with Crippen LogP contribution >= 0.6 is 0 Å². The van der Waals surface area contributed by atoms with Gasteiger partial charge in [0.25, 0.3) is 0 Å². The number of anilines is 2. The van der Waals surface area contributed by atoms with Crippen molar-refractivity contribution in [2.45, 2.75) is 39.2 Å². The first-order valence-electron chi connectivity index (χ1n) is 16.3. The lowest BCUT2D eigenvalue weighted by Gasteiger charge is -2.29. The van der Waals surface area contributed by atoms with Gasteiger partial charge in [0.15, 0.2) is 5.84 Å². The molecule has 1 aromatic heterocycles. The number of hydrogen-bond acceptors (Lipinski definition) is 9. The highest BCUT2D eigenvalue weighted by Crippen LogP contribution is 2.42. The first-order chi connectivity index (χ1) is 23.0. The molecule has 0 saturated carbocycles. The summed E-state index contributed by atoms with van der Waals surface area (Å²) in [4.78, 5) is 41.5. The molecule has 2 fully saturated rings. The number of benzene rings is 1. The van der Waals surface area contributed by atoms with Gasteiger partial charge in [-0.3, -0.25) is 30.2 Å². The summed E-state index contributed by atoms with van der Waals surface area (Å²) in [6.45, 7) is 7.04. The van der Waals surface area contributed by atoms with Crippen LogP contribution < -0.4 is 21.3 Å². The van der Waals surface area contributed by atoms with Crippen molar-refractivity contribution in [2.24, 2.45) is 10.4 Å². The minimum Gasteiger partial charge on any atom is -0.397 e. The van der Waals surface area contributed by atoms with E-state index in [-0.39, 0.29) is 41.6 Å². The number of pyridine rings is 1. The molecule has 2 aromatic rings. The zero-order chi connectivity index (χ0) is 34.4. The van der Waals surface area contributed by atoms with E-state index in [1.54, 1.807) is 30.3 Å². The molecule has 13 nitrogen and oxygen atoms in total. The number of carbonyl (C=O) groups is 2. The number of nitrogens with one attached hydrogen (secondary N) is 5. The van der Waals surface area contributed by atoms with E-state index in [1.807, 2.05) is 43.0 Å². The normalized spacial score (nSPS) is 20.1. The molecule has 252 valence electrons. The third kappa shape index (κ3) is 7.36. The molecule has 3 aliphatic heterocycles. The number of amides is 2. The second-order valence-electron chi connectivity index (χ2n) is 12.8. The molecule has 0 aliphatic carbocycles. The fourth-order valence-electron chi connectivity index (χ4n) is 6.40. The van der Waals surface area contributed by atoms with Crippen LogP contribution in [0.5, 0.6) is 0 Å². The van der Waals surface area contributed by atoms with E-state index in [4.69, 9.17) is 22.0 Å². The summed E-state index contributed by atoms with van der Waals surface area (Å²) in [6.07, 6.45) is 8.36. The van der Waals surface area contributed by atoms with Crippen molar-refractivity contribution in [3.8, 4) is 0 Å². The molecule has 1 aromatic carbocycles. The van der Waals surface area contributed by atoms with Crippen LogP contribution in [0.3, 0.4) is 0 Å². The third-order valence-electron chi connectivity index (χ3n) is 9.16. The van der Waals surface area contributed by atoms with Crippen molar-refractivity contribution < 1.29 is 9.59 Å². The zero-order valence-electron chi connectivity index (χ0n) is 27.8. The van der Waals surface area contributed by atoms with E-state index in [1.165, 1.54) is 11.9 Å². The van der Waals surface area contributed by atoms with Crippen LogP contribution in [0.2, 0.25) is 0 Å². The summed E-state index contributed by atoms with van der Waals surface area (Å²) in [5, 5.41) is 30.4. The van der Waals surface area contributed by atoms with E-state index < -0.39 is 5.41 Å². The van der Waals surface area contributed by atoms with Crippen molar-refractivity contribution in [2.75, 3.05) is 56.9 Å². The zero-order valence-corrected chi connectivity index (χ0v) is 27.8. The van der Waals surface area contributed by atoms with Crippen molar-refractivity contribution in [3.63, 3.8) is 0 Å². The second kappa shape index (κ2) is 14.7. The molecule has 3 aliphatic rings. The Morgan fingerprint density at radius 1 is 1.12 bits per heavy atom. The van der Waals surface area contributed by atoms with Crippen LogP contribution in [-0.4, -0.2) is 103 Å². The molecule has 0 radical (unpaired) electrons. The van der Waals surface area contributed by atoms with Gasteiger partial charge in [0.05, 0.1) is 29.7 Å². The van der Waals surface area contributed by atoms with Crippen LogP contribution in [0.1, 0.15) is 49.9 Å². The SMILES string of the molecule is CN/C=N\C(=N)c1ccc(C2=CCN(C(=O)CN3CC[C@]4(CCN(c5ccc(N)c(C(=N)/C(C=N)=C/NC(C)C)n5)C4=O)C3)CC2)cc1. The van der Waals surface area contributed by atoms with Crippen molar-refractivity contribution in [3.05, 3.63) is 71.1 Å². The monoisotopic (exact) mass is 651 g/mol. The predicted octanol–water partition coefficient (Wildman–Crippen LogP) is 2.88. The Balaban J connectivity index is 1.18. The molecule has 4 heterocycles. The molecule has 0 bridgehead atoms. The summed E-state index contributed by atoms with van der Waals surface area (Å²) in [5.74, 6) is 0.668. The number of aromatic nitrogens is 1. The third-order valence-corrected chi connectivity index (χ3v) is 9.16. The maximum Gasteiger partial charge on any atom is 0.237 e. The Labute approximate surface area is 281 Å². The number of allylic oxidation sites excluding steroid dienone is 1. The van der Waals surface area contributed by atoms with Crippen molar-refractivity contribution in [1.82, 2.24) is 25.4 Å². The van der Waals surface area contributed by atoms with Crippen molar-refractivity contribution in [1.29, 1.82) is 16.2 Å². The molecular weight excluding hydrogens is 606 g/mol. The van der Waals surface area contributed by atoms with Gasteiger partial charge in [0, 0.05) is 62.8 Å². The van der Waals surface area contributed by atoms with Gasteiger partial charge in [0.2, 0.25) is 11.8 Å². The second-order valence-corrected chi connectivity index (χ2v) is 12.8. The number of rotatable bonds is 11. The van der Waals surface area contributed by atoms with Gasteiger partial charge < -0.3 is 26.7 Å². The number of nitrogens with zero attached hydrogens (tertiary/aromatic N) is 5. The van der Waals surface area contributed by atoms with Gasteiger partial charge in [-0.25, -0.2) is 9.98 Å². The van der Waals surface area contributed by atoms with Gasteiger partial charge in [-0.1, -0.05) is 30.3 Å². The van der Waals surface area contributed by atoms with Gasteiger partial charge in [-0.05, 0) is 62.9 Å². The maximum atomic E-state index is 13.9. The minimum absolute atomic E-state index is 0.00867. The average molecular weight is 652 g/mol. The molecular formula is C35H45N11O2. The van der Waals surface area contributed by atoms with Crippen LogP contribution in [0.25, 0.3) is 5.57 Å². The summed E-state index contributed by atoms with van der Waals surface area (Å²) in [6, 6.07) is 11.3. The van der Waals surface area contributed by atoms with E-state index in [0.29, 0.717) is 62.6 Å². The van der Waals surface area contributed by atoms with E-state index in [9.17, 15) is 9.59 Å². The quantitative estimate of drug-likeness (QED) is 0.159. The molecule has 0 unspecified atom stereocenters. The first kappa shape index (κ1) is 34.2. The molecule has 2 saturated heterocycles. The van der Waals surface area contributed by atoms with E-state index in [2.05, 4.69) is 31.6 Å². The Morgan fingerprint density at radius 3 is 2.54 bits per heavy atom. The van der Waals surface area contributed by atoms with Gasteiger partial charge in [-0.2, -0.15) is 0 Å². The fourth-order valence-corrected chi connectivity index (χ4v) is 6.40. The van der Waals surface area contributed by atoms with Crippen LogP contribution in [0, 0.1) is 21.6 Å². The summed E-state index contributed by atoms with van der Waals surface area (Å²) in [5.41, 5.74) is 9.49. The average Bonchev–Trinajstić information content (AvgIpc) is 3.65. The molecule has 13 heteroatoms. The summed E-state index contributed by atoms with van der Waals surface area (Å²) < 4.78 is 0. The number of hydrogen-bond donors (Lipinski definition) is 6. The Kier molecular flexibility index (Phi) is 10.5. The fraction of sp³-hybridized carbons (Fsp3) is 0.400. The number of carbonyl (C=O) groups excluding carboxylic acids is 2. The largest absolute Gasteiger partial charge is 0.397 e. The van der Waals surface area contributed by atoms with Crippen LogP contribution in [0.15, 0.2) is 59.2 Å². The topological polar surface area (TPSA) is 191 Å². The first-order valence-corrected chi connectivity index (χ1v) is 16.3. The summed E-state index contributed by atoms with van der Waals surface area (Å²) >= 11 is 0.